The lowest BCUT2D eigenvalue weighted by molar-refractivity contribution is -0.259. The van der Waals surface area contributed by atoms with E-state index in [4.69, 9.17) is 11.6 Å². The zero-order valence-corrected chi connectivity index (χ0v) is 14.8. The van der Waals surface area contributed by atoms with Crippen molar-refractivity contribution in [1.29, 1.82) is 0 Å². The molecule has 1 amide bonds. The van der Waals surface area contributed by atoms with Crippen LogP contribution in [0.4, 0.5) is 18.9 Å². The van der Waals surface area contributed by atoms with Gasteiger partial charge in [0.05, 0.1) is 10.7 Å². The summed E-state index contributed by atoms with van der Waals surface area (Å²) < 4.78 is 39.2. The summed E-state index contributed by atoms with van der Waals surface area (Å²) >= 11 is 6.32. The fourth-order valence-corrected chi connectivity index (χ4v) is 3.34. The van der Waals surface area contributed by atoms with Crippen molar-refractivity contribution >= 4 is 23.2 Å². The molecule has 0 spiro atoms. The Morgan fingerprint density at radius 1 is 1.23 bits per heavy atom. The Kier molecular flexibility index (Phi) is 4.48. The Balaban J connectivity index is 2.06. The SMILES string of the molecule is CC(=O)N1CCc2cc(-c3cncc(C(C)(O)C(F)(F)F)c3)cc(Cl)c21. The summed E-state index contributed by atoms with van der Waals surface area (Å²) in [4.78, 5) is 17.1. The molecule has 26 heavy (non-hydrogen) atoms. The molecule has 1 aliphatic heterocycles. The number of benzene rings is 1. The van der Waals surface area contributed by atoms with Crippen LogP contribution in [-0.4, -0.2) is 28.7 Å². The van der Waals surface area contributed by atoms with Crippen LogP contribution in [0.25, 0.3) is 11.1 Å². The predicted molar refractivity (Wildman–Crippen MR) is 92.0 cm³/mol. The zero-order chi connectivity index (χ0) is 19.3. The first kappa shape index (κ1) is 18.7. The number of nitrogens with zero attached hydrogens (tertiary/aromatic N) is 2. The molecule has 1 unspecified atom stereocenters. The van der Waals surface area contributed by atoms with Gasteiger partial charge in [0.15, 0.2) is 5.60 Å². The second-order valence-corrected chi connectivity index (χ2v) is 6.83. The van der Waals surface area contributed by atoms with E-state index < -0.39 is 11.8 Å². The van der Waals surface area contributed by atoms with E-state index in [-0.39, 0.29) is 11.5 Å². The molecule has 1 atom stereocenters. The van der Waals surface area contributed by atoms with Gasteiger partial charge in [0.2, 0.25) is 5.91 Å². The smallest absolute Gasteiger partial charge is 0.376 e. The van der Waals surface area contributed by atoms with Crippen LogP contribution in [-0.2, 0) is 16.8 Å². The number of aliphatic hydroxyl groups is 1. The highest BCUT2D eigenvalue weighted by molar-refractivity contribution is 6.34. The minimum absolute atomic E-state index is 0.122. The highest BCUT2D eigenvalue weighted by atomic mass is 35.5. The van der Waals surface area contributed by atoms with Gasteiger partial charge < -0.3 is 10.0 Å². The first-order valence-electron chi connectivity index (χ1n) is 7.88. The van der Waals surface area contributed by atoms with Gasteiger partial charge in [0, 0.05) is 37.0 Å². The topological polar surface area (TPSA) is 53.4 Å². The summed E-state index contributed by atoms with van der Waals surface area (Å²) in [5, 5.41) is 10.2. The molecule has 0 fully saturated rings. The van der Waals surface area contributed by atoms with Crippen LogP contribution in [0, 0.1) is 0 Å². The van der Waals surface area contributed by atoms with Gasteiger partial charge in [-0.25, -0.2) is 0 Å². The van der Waals surface area contributed by atoms with Gasteiger partial charge in [-0.2, -0.15) is 13.2 Å². The van der Waals surface area contributed by atoms with Gasteiger partial charge in [0.1, 0.15) is 0 Å². The summed E-state index contributed by atoms with van der Waals surface area (Å²) in [5.74, 6) is -0.122. The summed E-state index contributed by atoms with van der Waals surface area (Å²) in [6.07, 6.45) is -1.82. The second kappa shape index (κ2) is 6.25. The average Bonchev–Trinajstić information content (AvgIpc) is 2.98. The molecule has 4 nitrogen and oxygen atoms in total. The molecule has 3 rings (SSSR count). The van der Waals surface area contributed by atoms with Crippen molar-refractivity contribution in [1.82, 2.24) is 4.98 Å². The second-order valence-electron chi connectivity index (χ2n) is 6.42. The van der Waals surface area contributed by atoms with Crippen LogP contribution in [0.5, 0.6) is 0 Å². The van der Waals surface area contributed by atoms with Gasteiger partial charge in [-0.15, -0.1) is 0 Å². The molecule has 1 aromatic heterocycles. The van der Waals surface area contributed by atoms with E-state index in [0.29, 0.717) is 41.7 Å². The molecule has 1 aromatic carbocycles. The minimum atomic E-state index is -4.83. The van der Waals surface area contributed by atoms with E-state index in [9.17, 15) is 23.1 Å². The number of pyridine rings is 1. The van der Waals surface area contributed by atoms with E-state index in [1.807, 2.05) is 0 Å². The van der Waals surface area contributed by atoms with E-state index in [2.05, 4.69) is 4.98 Å². The van der Waals surface area contributed by atoms with Crippen molar-refractivity contribution in [2.24, 2.45) is 0 Å². The number of anilines is 1. The lowest BCUT2D eigenvalue weighted by atomic mass is 9.94. The lowest BCUT2D eigenvalue weighted by Crippen LogP contribution is -2.39. The third-order valence-electron chi connectivity index (χ3n) is 4.58. The maximum Gasteiger partial charge on any atom is 0.421 e. The quantitative estimate of drug-likeness (QED) is 0.848. The molecular weight excluding hydrogens is 369 g/mol. The van der Waals surface area contributed by atoms with E-state index >= 15 is 0 Å². The van der Waals surface area contributed by atoms with Crippen molar-refractivity contribution in [3.63, 3.8) is 0 Å². The maximum atomic E-state index is 13.1. The number of fused-ring (bicyclic) bond motifs is 1. The van der Waals surface area contributed by atoms with E-state index in [0.717, 1.165) is 11.8 Å². The normalized spacial score (nSPS) is 16.3. The Morgan fingerprint density at radius 2 is 1.92 bits per heavy atom. The number of carbonyl (C=O) groups is 1. The fourth-order valence-electron chi connectivity index (χ4n) is 3.00. The lowest BCUT2D eigenvalue weighted by Gasteiger charge is -2.26. The first-order chi connectivity index (χ1) is 12.0. The van der Waals surface area contributed by atoms with E-state index in [1.165, 1.54) is 19.2 Å². The average molecular weight is 385 g/mol. The first-order valence-corrected chi connectivity index (χ1v) is 8.25. The summed E-state index contributed by atoms with van der Waals surface area (Å²) in [7, 11) is 0. The monoisotopic (exact) mass is 384 g/mol. The summed E-state index contributed by atoms with van der Waals surface area (Å²) in [6.45, 7) is 2.65. The molecular formula is C18H16ClF3N2O2. The van der Waals surface area contributed by atoms with Crippen molar-refractivity contribution < 1.29 is 23.1 Å². The largest absolute Gasteiger partial charge is 0.421 e. The minimum Gasteiger partial charge on any atom is -0.376 e. The zero-order valence-electron chi connectivity index (χ0n) is 14.1. The highest BCUT2D eigenvalue weighted by Gasteiger charge is 2.51. The van der Waals surface area contributed by atoms with Crippen molar-refractivity contribution in [3.05, 3.63) is 46.7 Å². The Hall–Kier alpha value is -2.12. The molecule has 0 aliphatic carbocycles. The number of hydrogen-bond acceptors (Lipinski definition) is 3. The number of rotatable bonds is 2. The highest BCUT2D eigenvalue weighted by Crippen LogP contribution is 2.41. The molecule has 138 valence electrons. The Labute approximate surface area is 153 Å². The van der Waals surface area contributed by atoms with Crippen LogP contribution in [0.3, 0.4) is 0 Å². The molecule has 2 heterocycles. The van der Waals surface area contributed by atoms with Crippen molar-refractivity contribution in [3.8, 4) is 11.1 Å². The van der Waals surface area contributed by atoms with E-state index in [1.54, 1.807) is 17.0 Å². The summed E-state index contributed by atoms with van der Waals surface area (Å²) in [5.41, 5.74) is -0.916. The Morgan fingerprint density at radius 3 is 2.54 bits per heavy atom. The van der Waals surface area contributed by atoms with Crippen LogP contribution in [0.15, 0.2) is 30.6 Å². The molecule has 1 N–H and O–H groups in total. The number of amides is 1. The molecule has 0 bridgehead atoms. The van der Waals surface area contributed by atoms with Gasteiger partial charge in [0.25, 0.3) is 0 Å². The number of hydrogen-bond donors (Lipinski definition) is 1. The third-order valence-corrected chi connectivity index (χ3v) is 4.87. The molecule has 0 radical (unpaired) electrons. The van der Waals surface area contributed by atoms with Gasteiger partial charge in [-0.1, -0.05) is 11.6 Å². The number of halogens is 4. The van der Waals surface area contributed by atoms with Crippen LogP contribution in [0.2, 0.25) is 5.02 Å². The van der Waals surface area contributed by atoms with Crippen molar-refractivity contribution in [2.75, 3.05) is 11.4 Å². The van der Waals surface area contributed by atoms with Crippen molar-refractivity contribution in [2.45, 2.75) is 32.0 Å². The Bertz CT molecular complexity index is 881. The number of alkyl halides is 3. The molecule has 0 saturated heterocycles. The maximum absolute atomic E-state index is 13.1. The third kappa shape index (κ3) is 3.05. The molecule has 2 aromatic rings. The number of aromatic nitrogens is 1. The van der Waals surface area contributed by atoms with Gasteiger partial charge in [-0.3, -0.25) is 9.78 Å². The predicted octanol–water partition coefficient (Wildman–Crippen LogP) is 4.08. The number of carbonyl (C=O) groups excluding carboxylic acids is 1. The molecule has 0 saturated carbocycles. The summed E-state index contributed by atoms with van der Waals surface area (Å²) in [6, 6.07) is 4.62. The van der Waals surface area contributed by atoms with Crippen LogP contribution in [0.1, 0.15) is 25.0 Å². The van der Waals surface area contributed by atoms with Gasteiger partial charge >= 0.3 is 6.18 Å². The van der Waals surface area contributed by atoms with Gasteiger partial charge in [-0.05, 0) is 42.7 Å². The van der Waals surface area contributed by atoms with Crippen LogP contribution < -0.4 is 4.90 Å². The molecule has 1 aliphatic rings. The van der Waals surface area contributed by atoms with Crippen LogP contribution >= 0.6 is 11.6 Å². The fraction of sp³-hybridized carbons (Fsp3) is 0.333. The molecule has 8 heteroatoms. The standard InChI is InChI=1S/C18H16ClF3N2O2/c1-10(25)24-4-3-11-5-12(7-15(19)16(11)24)13-6-14(9-23-8-13)17(2,26)18(20,21)22/h5-9,26H,3-4H2,1-2H3.